The zero-order valence-electron chi connectivity index (χ0n) is 23.6. The number of aryl methyl sites for hydroxylation is 1. The van der Waals surface area contributed by atoms with E-state index in [1.54, 1.807) is 21.6 Å². The van der Waals surface area contributed by atoms with Gasteiger partial charge in [0.2, 0.25) is 0 Å². The molecule has 0 atom stereocenters. The van der Waals surface area contributed by atoms with Crippen LogP contribution in [0.2, 0.25) is 0 Å². The predicted octanol–water partition coefficient (Wildman–Crippen LogP) is 6.04. The van der Waals surface area contributed by atoms with Gasteiger partial charge < -0.3 is 10.0 Å². The Morgan fingerprint density at radius 3 is 2.42 bits per heavy atom. The maximum absolute atomic E-state index is 13.7. The summed E-state index contributed by atoms with van der Waals surface area (Å²) in [5.74, 6) is 0.432. The lowest BCUT2D eigenvalue weighted by Gasteiger charge is -2.32. The molecule has 10 heteroatoms. The lowest BCUT2D eigenvalue weighted by Crippen LogP contribution is -2.36. The smallest absolute Gasteiger partial charge is 0.303 e. The second-order valence-electron chi connectivity index (χ2n) is 11.0. The van der Waals surface area contributed by atoms with Gasteiger partial charge in [0.15, 0.2) is 0 Å². The number of carboxylic acid groups (broad SMARTS) is 1. The van der Waals surface area contributed by atoms with Gasteiger partial charge in [0.05, 0.1) is 10.5 Å². The van der Waals surface area contributed by atoms with Gasteiger partial charge >= 0.3 is 5.97 Å². The third kappa shape index (κ3) is 7.51. The van der Waals surface area contributed by atoms with E-state index in [2.05, 4.69) is 11.8 Å². The molecule has 0 unspecified atom stereocenters. The Hall–Kier alpha value is -2.72. The van der Waals surface area contributed by atoms with E-state index < -0.39 is 5.97 Å². The first-order valence-electron chi connectivity index (χ1n) is 14.5. The number of pyridine rings is 1. The number of aliphatic carboxylic acids is 1. The monoisotopic (exact) mass is 584 g/mol. The molecular weight excluding hydrogens is 544 g/mol. The Balaban J connectivity index is 1.41. The molecule has 0 radical (unpaired) electrons. The Labute approximate surface area is 245 Å². The van der Waals surface area contributed by atoms with Gasteiger partial charge in [-0.2, -0.15) is 0 Å². The normalized spacial score (nSPS) is 17.5. The molecule has 40 heavy (non-hydrogen) atoms. The fraction of sp³-hybridized carbons (Fsp3) is 0.567. The molecule has 2 aliphatic heterocycles. The van der Waals surface area contributed by atoms with Gasteiger partial charge in [0.1, 0.15) is 15.8 Å². The Morgan fingerprint density at radius 2 is 1.75 bits per heavy atom. The molecule has 2 aromatic rings. The van der Waals surface area contributed by atoms with Crippen molar-refractivity contribution in [3.8, 4) is 0 Å². The molecule has 4 heterocycles. The standard InChI is InChI=1S/C30H40N4O4S2/c1-21-14-18-32(19-15-21)27-23(28(37)33-17-11-12-22(2)26(33)31-27)20-24-29(38)34(30(39)40-24)16-10-8-6-4-3-5-7-9-13-25(35)36/h11-12,17,20-21H,3-10,13-16,18-19H2,1-2H3,(H,35,36)/b24-20+. The minimum absolute atomic E-state index is 0.139. The van der Waals surface area contributed by atoms with E-state index in [9.17, 15) is 14.4 Å². The highest BCUT2D eigenvalue weighted by Gasteiger charge is 2.33. The quantitative estimate of drug-likeness (QED) is 0.173. The summed E-state index contributed by atoms with van der Waals surface area (Å²) in [6.45, 7) is 6.45. The van der Waals surface area contributed by atoms with Gasteiger partial charge in [-0.1, -0.05) is 75.5 Å². The van der Waals surface area contributed by atoms with Crippen molar-refractivity contribution in [2.45, 2.75) is 84.5 Å². The Bertz CT molecular complexity index is 1330. The predicted molar refractivity (Wildman–Crippen MR) is 166 cm³/mol. The first kappa shape index (κ1) is 30.2. The molecule has 4 rings (SSSR count). The molecule has 1 amide bonds. The van der Waals surface area contributed by atoms with Crippen LogP contribution in [0.1, 0.15) is 88.7 Å². The first-order valence-corrected chi connectivity index (χ1v) is 15.7. The summed E-state index contributed by atoms with van der Waals surface area (Å²) in [4.78, 5) is 46.9. The summed E-state index contributed by atoms with van der Waals surface area (Å²) in [6.07, 6.45) is 13.7. The topological polar surface area (TPSA) is 95.2 Å². The van der Waals surface area contributed by atoms with Crippen LogP contribution in [0.15, 0.2) is 28.0 Å². The number of nitrogens with zero attached hydrogens (tertiary/aromatic N) is 4. The van der Waals surface area contributed by atoms with E-state index in [1.165, 1.54) is 11.8 Å². The van der Waals surface area contributed by atoms with Crippen molar-refractivity contribution in [1.82, 2.24) is 14.3 Å². The summed E-state index contributed by atoms with van der Waals surface area (Å²) in [5.41, 5.74) is 1.85. The van der Waals surface area contributed by atoms with Crippen LogP contribution in [0.4, 0.5) is 5.82 Å². The van der Waals surface area contributed by atoms with E-state index in [0.717, 1.165) is 82.9 Å². The van der Waals surface area contributed by atoms with E-state index in [1.807, 2.05) is 19.1 Å². The van der Waals surface area contributed by atoms with Crippen LogP contribution in [-0.4, -0.2) is 55.2 Å². The van der Waals surface area contributed by atoms with Gasteiger partial charge in [0.25, 0.3) is 11.5 Å². The molecule has 2 fully saturated rings. The highest BCUT2D eigenvalue weighted by atomic mass is 32.2. The summed E-state index contributed by atoms with van der Waals surface area (Å²) in [6, 6.07) is 3.80. The molecule has 0 aliphatic carbocycles. The average molecular weight is 585 g/mol. The van der Waals surface area contributed by atoms with Gasteiger partial charge in [0, 0.05) is 32.3 Å². The van der Waals surface area contributed by atoms with Crippen molar-refractivity contribution in [3.05, 3.63) is 44.7 Å². The number of carbonyl (C=O) groups is 2. The fourth-order valence-corrected chi connectivity index (χ4v) is 6.61. The van der Waals surface area contributed by atoms with Crippen LogP contribution in [0.5, 0.6) is 0 Å². The van der Waals surface area contributed by atoms with E-state index in [0.29, 0.717) is 38.7 Å². The summed E-state index contributed by atoms with van der Waals surface area (Å²) >= 11 is 6.83. The number of rotatable bonds is 13. The van der Waals surface area contributed by atoms with Crippen LogP contribution in [0, 0.1) is 12.8 Å². The van der Waals surface area contributed by atoms with Gasteiger partial charge in [-0.3, -0.25) is 23.7 Å². The number of hydrogen-bond donors (Lipinski definition) is 1. The lowest BCUT2D eigenvalue weighted by molar-refractivity contribution is -0.137. The summed E-state index contributed by atoms with van der Waals surface area (Å²) < 4.78 is 2.11. The molecule has 2 aromatic heterocycles. The number of carboxylic acids is 1. The highest BCUT2D eigenvalue weighted by Crippen LogP contribution is 2.34. The van der Waals surface area contributed by atoms with Gasteiger partial charge in [-0.05, 0) is 56.2 Å². The lowest BCUT2D eigenvalue weighted by atomic mass is 9.99. The van der Waals surface area contributed by atoms with Crippen LogP contribution in [0.25, 0.3) is 11.7 Å². The molecule has 2 aliphatic rings. The van der Waals surface area contributed by atoms with Crippen LogP contribution in [0.3, 0.4) is 0 Å². The molecule has 0 aromatic carbocycles. The molecule has 8 nitrogen and oxygen atoms in total. The number of thioether (sulfide) groups is 1. The van der Waals surface area contributed by atoms with Crippen LogP contribution >= 0.6 is 24.0 Å². The van der Waals surface area contributed by atoms with Crippen molar-refractivity contribution in [2.24, 2.45) is 5.92 Å². The number of hydrogen-bond acceptors (Lipinski definition) is 7. The SMILES string of the molecule is Cc1cccn2c(=O)c(/C=C3/SC(=S)N(CCCCCCCCCCC(=O)O)C3=O)c(N3CCC(C)CC3)nc12. The van der Waals surface area contributed by atoms with Crippen molar-refractivity contribution >= 4 is 57.7 Å². The second-order valence-corrected chi connectivity index (χ2v) is 12.7. The van der Waals surface area contributed by atoms with Crippen molar-refractivity contribution in [1.29, 1.82) is 0 Å². The van der Waals surface area contributed by atoms with Crippen molar-refractivity contribution in [2.75, 3.05) is 24.5 Å². The molecule has 2 saturated heterocycles. The third-order valence-electron chi connectivity index (χ3n) is 7.82. The Morgan fingerprint density at radius 1 is 1.10 bits per heavy atom. The van der Waals surface area contributed by atoms with Gasteiger partial charge in [-0.25, -0.2) is 4.98 Å². The largest absolute Gasteiger partial charge is 0.481 e. The molecule has 0 saturated carbocycles. The van der Waals surface area contributed by atoms with Gasteiger partial charge in [-0.15, -0.1) is 0 Å². The van der Waals surface area contributed by atoms with E-state index in [4.69, 9.17) is 22.3 Å². The zero-order valence-corrected chi connectivity index (χ0v) is 25.2. The number of carbonyl (C=O) groups excluding carboxylic acids is 1. The molecule has 0 bridgehead atoms. The number of anilines is 1. The number of piperidine rings is 1. The average Bonchev–Trinajstić information content (AvgIpc) is 3.19. The number of thiocarbonyl (C=S) groups is 1. The zero-order chi connectivity index (χ0) is 28.6. The summed E-state index contributed by atoms with van der Waals surface area (Å²) in [5, 5.41) is 8.70. The molecule has 216 valence electrons. The van der Waals surface area contributed by atoms with Crippen LogP contribution < -0.4 is 10.5 Å². The number of amides is 1. The number of fused-ring (bicyclic) bond motifs is 1. The van der Waals surface area contributed by atoms with Crippen molar-refractivity contribution in [3.63, 3.8) is 0 Å². The molecule has 0 spiro atoms. The maximum Gasteiger partial charge on any atom is 0.303 e. The maximum atomic E-state index is 13.7. The number of aromatic nitrogens is 2. The van der Waals surface area contributed by atoms with Crippen LogP contribution in [-0.2, 0) is 9.59 Å². The molecule has 1 N–H and O–H groups in total. The summed E-state index contributed by atoms with van der Waals surface area (Å²) in [7, 11) is 0. The second kappa shape index (κ2) is 14.3. The third-order valence-corrected chi connectivity index (χ3v) is 9.20. The van der Waals surface area contributed by atoms with E-state index >= 15 is 0 Å². The minimum Gasteiger partial charge on any atom is -0.481 e. The Kier molecular flexibility index (Phi) is 10.8. The van der Waals surface area contributed by atoms with Crippen molar-refractivity contribution < 1.29 is 14.7 Å². The molecular formula is C30H40N4O4S2. The fourth-order valence-electron chi connectivity index (χ4n) is 5.32. The number of unbranched alkanes of at least 4 members (excludes halogenated alkanes) is 7. The minimum atomic E-state index is -0.723. The highest BCUT2D eigenvalue weighted by molar-refractivity contribution is 8.26. The first-order chi connectivity index (χ1) is 19.3. The van der Waals surface area contributed by atoms with E-state index in [-0.39, 0.29) is 17.9 Å².